The summed E-state index contributed by atoms with van der Waals surface area (Å²) >= 11 is 5.96. The van der Waals surface area contributed by atoms with E-state index in [4.69, 9.17) is 16.9 Å². The summed E-state index contributed by atoms with van der Waals surface area (Å²) in [4.78, 5) is 0. The van der Waals surface area contributed by atoms with Gasteiger partial charge in [0.05, 0.1) is 22.5 Å². The van der Waals surface area contributed by atoms with Crippen molar-refractivity contribution in [3.05, 3.63) is 40.5 Å². The minimum Gasteiger partial charge on any atom is -0.367 e. The number of benzene rings is 1. The summed E-state index contributed by atoms with van der Waals surface area (Å²) in [6.45, 7) is 3.74. The van der Waals surface area contributed by atoms with E-state index in [0.717, 1.165) is 12.1 Å². The quantitative estimate of drug-likeness (QED) is 0.917. The maximum absolute atomic E-state index is 12.7. The maximum Gasteiger partial charge on any atom is 0.416 e. The second kappa shape index (κ2) is 5.89. The number of hydrogen-bond acceptors (Lipinski definition) is 3. The fourth-order valence-electron chi connectivity index (χ4n) is 1.88. The number of alkyl halides is 3. The van der Waals surface area contributed by atoms with Gasteiger partial charge in [0.2, 0.25) is 0 Å². The Balaban J connectivity index is 2.54. The van der Waals surface area contributed by atoms with Gasteiger partial charge in [-0.25, -0.2) is 4.68 Å². The molecule has 116 valence electrons. The van der Waals surface area contributed by atoms with Crippen molar-refractivity contribution in [2.75, 3.05) is 5.32 Å². The molecule has 0 bridgehead atoms. The highest BCUT2D eigenvalue weighted by atomic mass is 35.5. The van der Waals surface area contributed by atoms with Gasteiger partial charge in [-0.2, -0.15) is 23.5 Å². The van der Waals surface area contributed by atoms with E-state index in [1.165, 1.54) is 16.9 Å². The molecule has 0 radical (unpaired) electrons. The van der Waals surface area contributed by atoms with Crippen LogP contribution in [0.25, 0.3) is 5.69 Å². The van der Waals surface area contributed by atoms with Crippen LogP contribution in [0.2, 0.25) is 5.02 Å². The lowest BCUT2D eigenvalue weighted by Crippen LogP contribution is -2.15. The van der Waals surface area contributed by atoms with Crippen molar-refractivity contribution in [1.82, 2.24) is 9.78 Å². The smallest absolute Gasteiger partial charge is 0.367 e. The van der Waals surface area contributed by atoms with E-state index in [-0.39, 0.29) is 22.3 Å². The zero-order valence-corrected chi connectivity index (χ0v) is 12.5. The molecule has 1 N–H and O–H groups in total. The number of rotatable bonds is 3. The van der Waals surface area contributed by atoms with Crippen LogP contribution in [0.3, 0.4) is 0 Å². The van der Waals surface area contributed by atoms with Crippen LogP contribution in [-0.2, 0) is 6.18 Å². The third-order valence-corrected chi connectivity index (χ3v) is 3.12. The third kappa shape index (κ3) is 3.17. The van der Waals surface area contributed by atoms with Crippen LogP contribution >= 0.6 is 11.6 Å². The van der Waals surface area contributed by atoms with Gasteiger partial charge in [-0.05, 0) is 32.0 Å². The largest absolute Gasteiger partial charge is 0.416 e. The van der Waals surface area contributed by atoms with Gasteiger partial charge in [0, 0.05) is 6.04 Å². The monoisotopic (exact) mass is 328 g/mol. The van der Waals surface area contributed by atoms with Crippen molar-refractivity contribution in [3.63, 3.8) is 0 Å². The van der Waals surface area contributed by atoms with Crippen LogP contribution in [0.4, 0.5) is 19.0 Å². The topological polar surface area (TPSA) is 53.6 Å². The molecule has 1 heterocycles. The molecule has 0 fully saturated rings. The highest BCUT2D eigenvalue weighted by molar-refractivity contribution is 6.32. The molecule has 0 spiro atoms. The van der Waals surface area contributed by atoms with E-state index >= 15 is 0 Å². The first-order chi connectivity index (χ1) is 10.2. The zero-order chi connectivity index (χ0) is 16.5. The molecule has 0 aliphatic rings. The molecule has 0 amide bonds. The Morgan fingerprint density at radius 3 is 2.55 bits per heavy atom. The molecular weight excluding hydrogens is 317 g/mol. The first kappa shape index (κ1) is 16.2. The van der Waals surface area contributed by atoms with Gasteiger partial charge in [0.15, 0.2) is 0 Å². The molecule has 1 aromatic heterocycles. The fraction of sp³-hybridized carbons (Fsp3) is 0.286. The van der Waals surface area contributed by atoms with Gasteiger partial charge in [-0.15, -0.1) is 0 Å². The highest BCUT2D eigenvalue weighted by Gasteiger charge is 2.31. The summed E-state index contributed by atoms with van der Waals surface area (Å²) in [6, 6.07) is 4.98. The van der Waals surface area contributed by atoms with E-state index in [1.807, 2.05) is 19.9 Å². The Hall–Kier alpha value is -2.20. The predicted octanol–water partition coefficient (Wildman–Crippen LogP) is 4.24. The van der Waals surface area contributed by atoms with Crippen LogP contribution in [-0.4, -0.2) is 15.8 Å². The number of halogens is 4. The standard InChI is InChI=1S/C14H12ClF3N4/c1-8(2)21-13-9(6-19)7-20-22(13)12-4-3-10(5-11(12)15)14(16,17)18/h3-5,7-8,21H,1-2H3. The number of aromatic nitrogens is 2. The average molecular weight is 329 g/mol. The Bertz CT molecular complexity index is 729. The van der Waals surface area contributed by atoms with E-state index in [9.17, 15) is 13.2 Å². The SMILES string of the molecule is CC(C)Nc1c(C#N)cnn1-c1ccc(C(F)(F)F)cc1Cl. The van der Waals surface area contributed by atoms with E-state index in [2.05, 4.69) is 10.4 Å². The van der Waals surface area contributed by atoms with Crippen molar-refractivity contribution >= 4 is 17.4 Å². The number of hydrogen-bond donors (Lipinski definition) is 1. The summed E-state index contributed by atoms with van der Waals surface area (Å²) in [5.74, 6) is 0.388. The van der Waals surface area contributed by atoms with Crippen LogP contribution in [0.15, 0.2) is 24.4 Å². The summed E-state index contributed by atoms with van der Waals surface area (Å²) < 4.78 is 39.3. The van der Waals surface area contributed by atoms with Gasteiger partial charge in [0.1, 0.15) is 17.5 Å². The lowest BCUT2D eigenvalue weighted by atomic mass is 10.2. The summed E-state index contributed by atoms with van der Waals surface area (Å²) in [5.41, 5.74) is -0.295. The van der Waals surface area contributed by atoms with Gasteiger partial charge >= 0.3 is 6.18 Å². The molecule has 2 rings (SSSR count). The predicted molar refractivity (Wildman–Crippen MR) is 77.0 cm³/mol. The minimum absolute atomic E-state index is 0.00998. The van der Waals surface area contributed by atoms with Crippen molar-refractivity contribution in [2.45, 2.75) is 26.1 Å². The molecule has 22 heavy (non-hydrogen) atoms. The van der Waals surface area contributed by atoms with Gasteiger partial charge < -0.3 is 5.32 Å². The summed E-state index contributed by atoms with van der Waals surface area (Å²) in [6.07, 6.45) is -3.14. The molecule has 4 nitrogen and oxygen atoms in total. The lowest BCUT2D eigenvalue weighted by molar-refractivity contribution is -0.137. The first-order valence-electron chi connectivity index (χ1n) is 6.36. The number of anilines is 1. The molecule has 0 aliphatic carbocycles. The molecular formula is C14H12ClF3N4. The molecule has 2 aromatic rings. The Morgan fingerprint density at radius 1 is 1.36 bits per heavy atom. The minimum atomic E-state index is -4.47. The fourth-order valence-corrected chi connectivity index (χ4v) is 2.14. The number of nitrogens with one attached hydrogen (secondary N) is 1. The molecule has 1 aromatic carbocycles. The average Bonchev–Trinajstić information content (AvgIpc) is 2.79. The molecule has 0 atom stereocenters. The second-order valence-electron chi connectivity index (χ2n) is 4.89. The van der Waals surface area contributed by atoms with Crippen LogP contribution in [0, 0.1) is 11.3 Å². The van der Waals surface area contributed by atoms with E-state index in [1.54, 1.807) is 0 Å². The summed E-state index contributed by atoms with van der Waals surface area (Å²) in [7, 11) is 0. The Kier molecular flexibility index (Phi) is 4.33. The molecule has 0 saturated heterocycles. The van der Waals surface area contributed by atoms with Crippen molar-refractivity contribution in [3.8, 4) is 11.8 Å². The van der Waals surface area contributed by atoms with Crippen molar-refractivity contribution in [2.24, 2.45) is 0 Å². The Morgan fingerprint density at radius 2 is 2.05 bits per heavy atom. The van der Waals surface area contributed by atoms with Gasteiger partial charge in [-0.3, -0.25) is 0 Å². The number of nitrogens with zero attached hydrogens (tertiary/aromatic N) is 3. The molecule has 0 aliphatic heterocycles. The van der Waals surface area contributed by atoms with Gasteiger partial charge in [-0.1, -0.05) is 11.6 Å². The third-order valence-electron chi connectivity index (χ3n) is 2.82. The first-order valence-corrected chi connectivity index (χ1v) is 6.73. The lowest BCUT2D eigenvalue weighted by Gasteiger charge is -2.15. The van der Waals surface area contributed by atoms with Crippen LogP contribution in [0.5, 0.6) is 0 Å². The molecule has 0 unspecified atom stereocenters. The molecule has 8 heteroatoms. The van der Waals surface area contributed by atoms with Crippen molar-refractivity contribution in [1.29, 1.82) is 5.26 Å². The Labute approximate surface area is 130 Å². The highest BCUT2D eigenvalue weighted by Crippen LogP contribution is 2.34. The van der Waals surface area contributed by atoms with Crippen molar-refractivity contribution < 1.29 is 13.2 Å². The van der Waals surface area contributed by atoms with E-state index in [0.29, 0.717) is 5.82 Å². The van der Waals surface area contributed by atoms with Gasteiger partial charge in [0.25, 0.3) is 0 Å². The van der Waals surface area contributed by atoms with Crippen LogP contribution < -0.4 is 5.32 Å². The number of nitriles is 1. The zero-order valence-electron chi connectivity index (χ0n) is 11.7. The maximum atomic E-state index is 12.7. The van der Waals surface area contributed by atoms with Crippen LogP contribution in [0.1, 0.15) is 25.0 Å². The summed E-state index contributed by atoms with van der Waals surface area (Å²) in [5, 5.41) is 16.1. The normalized spacial score (nSPS) is 11.5. The van der Waals surface area contributed by atoms with E-state index < -0.39 is 11.7 Å². The second-order valence-corrected chi connectivity index (χ2v) is 5.30. The molecule has 0 saturated carbocycles.